The Morgan fingerprint density at radius 3 is 2.39 bits per heavy atom. The summed E-state index contributed by atoms with van der Waals surface area (Å²) in [5.41, 5.74) is -0.250. The number of carbonyl (C=O) groups is 1. The minimum absolute atomic E-state index is 0.0130. The number of aliphatic hydroxyl groups excluding tert-OH is 1. The average Bonchev–Trinajstić information content (AvgIpc) is 3.15. The van der Waals surface area contributed by atoms with Gasteiger partial charge in [0.1, 0.15) is 11.5 Å². The Labute approximate surface area is 221 Å². The number of nitrogens with zero attached hydrogens (tertiary/aromatic N) is 4. The molecule has 1 aromatic heterocycles. The zero-order chi connectivity index (χ0) is 27.8. The van der Waals surface area contributed by atoms with Gasteiger partial charge in [-0.25, -0.2) is 0 Å². The Kier molecular flexibility index (Phi) is 7.51. The number of ether oxygens (including phenoxy) is 2. The lowest BCUT2D eigenvalue weighted by Gasteiger charge is -2.39. The Morgan fingerprint density at radius 1 is 1.11 bits per heavy atom. The molecule has 3 aromatic rings. The van der Waals surface area contributed by atoms with Crippen LogP contribution in [0.15, 0.2) is 48.5 Å². The SMILES string of the molecule is CN1c2nc(Oc3cccc(OC(F)(F)F)c3)n(Cc3ccc(Cl)cc3)c2C(=O)N(CCC(C)(C)O)C1O. The largest absolute Gasteiger partial charge is 0.573 e. The number of alkyl halides is 3. The summed E-state index contributed by atoms with van der Waals surface area (Å²) < 4.78 is 49.4. The lowest BCUT2D eigenvalue weighted by Crippen LogP contribution is -2.55. The van der Waals surface area contributed by atoms with Crippen LogP contribution in [0.1, 0.15) is 36.3 Å². The summed E-state index contributed by atoms with van der Waals surface area (Å²) >= 11 is 6.01. The molecular weight excluding hydrogens is 529 g/mol. The molecule has 2 heterocycles. The summed E-state index contributed by atoms with van der Waals surface area (Å²) in [6.07, 6.45) is -6.06. The Balaban J connectivity index is 1.75. The van der Waals surface area contributed by atoms with E-state index in [0.29, 0.717) is 5.02 Å². The first-order valence-corrected chi connectivity index (χ1v) is 11.9. The van der Waals surface area contributed by atoms with E-state index in [1.54, 1.807) is 38.1 Å². The number of imidazole rings is 1. The van der Waals surface area contributed by atoms with Crippen molar-refractivity contribution in [3.8, 4) is 17.5 Å². The van der Waals surface area contributed by atoms with Crippen LogP contribution < -0.4 is 14.4 Å². The van der Waals surface area contributed by atoms with Crippen LogP contribution in [0.4, 0.5) is 19.0 Å². The second kappa shape index (κ2) is 10.4. The molecule has 0 fully saturated rings. The first kappa shape index (κ1) is 27.6. The van der Waals surface area contributed by atoms with Crippen LogP contribution in [0.2, 0.25) is 5.02 Å². The quantitative estimate of drug-likeness (QED) is 0.419. The van der Waals surface area contributed by atoms with Gasteiger partial charge in [0.2, 0.25) is 6.35 Å². The number of carbonyl (C=O) groups excluding carboxylic acids is 1. The van der Waals surface area contributed by atoms with E-state index in [2.05, 4.69) is 9.72 Å². The van der Waals surface area contributed by atoms with Gasteiger partial charge < -0.3 is 24.6 Å². The maximum Gasteiger partial charge on any atom is 0.573 e. The molecule has 0 saturated heterocycles. The van der Waals surface area contributed by atoms with Crippen LogP contribution in [0.25, 0.3) is 0 Å². The predicted octanol–water partition coefficient (Wildman–Crippen LogP) is 4.60. The van der Waals surface area contributed by atoms with Gasteiger partial charge in [0.15, 0.2) is 11.5 Å². The first-order chi connectivity index (χ1) is 17.7. The van der Waals surface area contributed by atoms with Crippen molar-refractivity contribution < 1.29 is 37.7 Å². The third-order valence-electron chi connectivity index (χ3n) is 5.80. The van der Waals surface area contributed by atoms with Crippen molar-refractivity contribution in [3.63, 3.8) is 0 Å². The molecule has 0 spiro atoms. The minimum atomic E-state index is -4.89. The van der Waals surface area contributed by atoms with Crippen molar-refractivity contribution in [3.05, 3.63) is 64.8 Å². The van der Waals surface area contributed by atoms with Crippen molar-refractivity contribution in [2.75, 3.05) is 18.5 Å². The second-order valence-electron chi connectivity index (χ2n) is 9.42. The fraction of sp³-hybridized carbons (Fsp3) is 0.360. The van der Waals surface area contributed by atoms with Gasteiger partial charge in [-0.15, -0.1) is 13.2 Å². The lowest BCUT2D eigenvalue weighted by atomic mass is 10.1. The van der Waals surface area contributed by atoms with Crippen molar-refractivity contribution in [2.45, 2.75) is 45.1 Å². The molecule has 0 radical (unpaired) electrons. The molecule has 0 bridgehead atoms. The third kappa shape index (κ3) is 6.32. The number of aliphatic hydroxyl groups is 2. The van der Waals surface area contributed by atoms with Crippen LogP contribution in [-0.2, 0) is 6.54 Å². The van der Waals surface area contributed by atoms with Crippen molar-refractivity contribution in [2.24, 2.45) is 0 Å². The van der Waals surface area contributed by atoms with E-state index in [9.17, 15) is 28.2 Å². The van der Waals surface area contributed by atoms with Gasteiger partial charge >= 0.3 is 12.4 Å². The topological polar surface area (TPSA) is 100 Å². The number of aromatic nitrogens is 2. The highest BCUT2D eigenvalue weighted by molar-refractivity contribution is 6.30. The minimum Gasteiger partial charge on any atom is -0.425 e. The molecule has 2 N–H and O–H groups in total. The molecule has 1 amide bonds. The highest BCUT2D eigenvalue weighted by Gasteiger charge is 2.41. The van der Waals surface area contributed by atoms with Gasteiger partial charge in [0.05, 0.1) is 12.1 Å². The summed E-state index contributed by atoms with van der Waals surface area (Å²) in [7, 11) is 1.54. The molecule has 38 heavy (non-hydrogen) atoms. The summed E-state index contributed by atoms with van der Waals surface area (Å²) in [6, 6.07) is 11.7. The van der Waals surface area contributed by atoms with E-state index in [1.165, 1.54) is 33.5 Å². The van der Waals surface area contributed by atoms with Crippen molar-refractivity contribution >= 4 is 23.3 Å². The Bertz CT molecular complexity index is 1310. The van der Waals surface area contributed by atoms with E-state index in [1.807, 2.05) is 0 Å². The summed E-state index contributed by atoms with van der Waals surface area (Å²) in [6.45, 7) is 3.33. The summed E-state index contributed by atoms with van der Waals surface area (Å²) in [5.74, 6) is -0.938. The standard InChI is InChI=1S/C25H26ClF3N4O5/c1-24(2,36)11-12-32-21(34)19-20(31(3)23(32)35)30-22(33(19)14-15-7-9-16(26)10-8-15)37-17-5-4-6-18(13-17)38-25(27,28)29/h4-10,13,23,35-36H,11-12,14H2,1-3H3. The number of amides is 1. The number of hydrogen-bond donors (Lipinski definition) is 2. The van der Waals surface area contributed by atoms with Gasteiger partial charge in [-0.1, -0.05) is 29.8 Å². The highest BCUT2D eigenvalue weighted by Crippen LogP contribution is 2.36. The molecular formula is C25H26ClF3N4O5. The van der Waals surface area contributed by atoms with Crippen LogP contribution in [0.5, 0.6) is 17.5 Å². The van der Waals surface area contributed by atoms with Gasteiger partial charge in [-0.3, -0.25) is 14.3 Å². The van der Waals surface area contributed by atoms with E-state index in [0.717, 1.165) is 17.7 Å². The van der Waals surface area contributed by atoms with Gasteiger partial charge in [-0.05, 0) is 50.1 Å². The molecule has 2 aromatic carbocycles. The maximum atomic E-state index is 13.6. The molecule has 9 nitrogen and oxygen atoms in total. The number of anilines is 1. The molecule has 1 unspecified atom stereocenters. The molecule has 204 valence electrons. The molecule has 0 aliphatic carbocycles. The zero-order valence-corrected chi connectivity index (χ0v) is 21.5. The van der Waals surface area contributed by atoms with Crippen LogP contribution in [-0.4, -0.2) is 62.5 Å². The number of benzene rings is 2. The van der Waals surface area contributed by atoms with Crippen molar-refractivity contribution in [1.82, 2.24) is 14.5 Å². The van der Waals surface area contributed by atoms with Gasteiger partial charge in [0, 0.05) is 24.7 Å². The summed E-state index contributed by atoms with van der Waals surface area (Å²) in [4.78, 5) is 20.6. The number of halogens is 4. The van der Waals surface area contributed by atoms with Gasteiger partial charge in [-0.2, -0.15) is 4.98 Å². The number of rotatable bonds is 8. The van der Waals surface area contributed by atoms with E-state index in [4.69, 9.17) is 16.3 Å². The van der Waals surface area contributed by atoms with E-state index < -0.39 is 30.0 Å². The monoisotopic (exact) mass is 554 g/mol. The predicted molar refractivity (Wildman–Crippen MR) is 132 cm³/mol. The van der Waals surface area contributed by atoms with E-state index in [-0.39, 0.29) is 42.8 Å². The average molecular weight is 555 g/mol. The van der Waals surface area contributed by atoms with Crippen LogP contribution in [0, 0.1) is 0 Å². The first-order valence-electron chi connectivity index (χ1n) is 11.5. The Hall–Kier alpha value is -3.48. The summed E-state index contributed by atoms with van der Waals surface area (Å²) in [5, 5.41) is 21.5. The number of hydrogen-bond acceptors (Lipinski definition) is 7. The molecule has 1 aliphatic heterocycles. The molecule has 0 saturated carbocycles. The van der Waals surface area contributed by atoms with Crippen LogP contribution >= 0.6 is 11.6 Å². The third-order valence-corrected chi connectivity index (χ3v) is 6.06. The zero-order valence-electron chi connectivity index (χ0n) is 20.7. The van der Waals surface area contributed by atoms with Gasteiger partial charge in [0.25, 0.3) is 5.91 Å². The number of fused-ring (bicyclic) bond motifs is 1. The molecule has 4 rings (SSSR count). The highest BCUT2D eigenvalue weighted by atomic mass is 35.5. The molecule has 1 aliphatic rings. The fourth-order valence-electron chi connectivity index (χ4n) is 3.88. The van der Waals surface area contributed by atoms with Crippen molar-refractivity contribution in [1.29, 1.82) is 0 Å². The lowest BCUT2D eigenvalue weighted by molar-refractivity contribution is -0.274. The molecule has 13 heteroatoms. The second-order valence-corrected chi connectivity index (χ2v) is 9.86. The normalized spacial score (nSPS) is 16.0. The van der Waals surface area contributed by atoms with Crippen LogP contribution in [0.3, 0.4) is 0 Å². The fourth-order valence-corrected chi connectivity index (χ4v) is 4.01. The smallest absolute Gasteiger partial charge is 0.425 e. The molecule has 1 atom stereocenters. The Morgan fingerprint density at radius 2 is 1.76 bits per heavy atom. The maximum absolute atomic E-state index is 13.6. The van der Waals surface area contributed by atoms with E-state index >= 15 is 0 Å².